The molecular weight excluding hydrogens is 232 g/mol. The number of hydrogen-bond acceptors (Lipinski definition) is 6. The number of nitrogens with one attached hydrogen (secondary N) is 2. The highest BCUT2D eigenvalue weighted by Gasteiger charge is 2.24. The van der Waals surface area contributed by atoms with E-state index in [1.807, 2.05) is 13.1 Å². The second kappa shape index (κ2) is 5.97. The normalized spacial score (nSPS) is 23.1. The minimum Gasteiger partial charge on any atom is -0.377 e. The molecule has 0 bridgehead atoms. The quantitative estimate of drug-likeness (QED) is 0.822. The fourth-order valence-electron chi connectivity index (χ4n) is 2.00. The van der Waals surface area contributed by atoms with Gasteiger partial charge in [-0.3, -0.25) is 0 Å². The topological polar surface area (TPSA) is 68.3 Å². The van der Waals surface area contributed by atoms with Gasteiger partial charge in [0.2, 0.25) is 0 Å². The first-order valence-corrected chi connectivity index (χ1v) is 6.15. The Kier molecular flexibility index (Phi) is 4.33. The van der Waals surface area contributed by atoms with Crippen molar-refractivity contribution in [2.45, 2.75) is 32.1 Å². The minimum atomic E-state index is 0.212. The van der Waals surface area contributed by atoms with E-state index in [1.165, 1.54) is 0 Å². The number of ether oxygens (including phenoxy) is 2. The Morgan fingerprint density at radius 1 is 1.44 bits per heavy atom. The molecule has 1 aromatic rings. The molecular formula is C12H20N4O2. The predicted octanol–water partition coefficient (Wildman–Crippen LogP) is 1.25. The highest BCUT2D eigenvalue weighted by molar-refractivity contribution is 5.48. The van der Waals surface area contributed by atoms with Gasteiger partial charge in [-0.05, 0) is 13.3 Å². The lowest BCUT2D eigenvalue weighted by Crippen LogP contribution is -2.27. The summed E-state index contributed by atoms with van der Waals surface area (Å²) in [5.41, 5.74) is 0. The van der Waals surface area contributed by atoms with E-state index in [-0.39, 0.29) is 6.10 Å². The zero-order valence-corrected chi connectivity index (χ0v) is 11.1. The van der Waals surface area contributed by atoms with Gasteiger partial charge in [-0.15, -0.1) is 0 Å². The van der Waals surface area contributed by atoms with Gasteiger partial charge >= 0.3 is 0 Å². The van der Waals surface area contributed by atoms with Gasteiger partial charge in [0.1, 0.15) is 18.2 Å². The van der Waals surface area contributed by atoms with Crippen molar-refractivity contribution < 1.29 is 9.47 Å². The Labute approximate surface area is 107 Å². The van der Waals surface area contributed by atoms with E-state index in [0.717, 1.165) is 24.7 Å². The van der Waals surface area contributed by atoms with Crippen molar-refractivity contribution in [3.05, 3.63) is 11.9 Å². The number of methoxy groups -OCH3 is 1. The summed E-state index contributed by atoms with van der Waals surface area (Å²) in [4.78, 5) is 8.74. The Balaban J connectivity index is 2.12. The maximum atomic E-state index is 5.53. The summed E-state index contributed by atoms with van der Waals surface area (Å²) in [6.07, 6.45) is 1.21. The highest BCUT2D eigenvalue weighted by Crippen LogP contribution is 2.19. The Bertz CT molecular complexity index is 400. The van der Waals surface area contributed by atoms with Crippen LogP contribution in [0.25, 0.3) is 0 Å². The van der Waals surface area contributed by atoms with Crippen molar-refractivity contribution >= 4 is 11.6 Å². The molecule has 6 nitrogen and oxygen atoms in total. The second-order valence-electron chi connectivity index (χ2n) is 4.35. The maximum Gasteiger partial charge on any atom is 0.158 e. The first-order valence-electron chi connectivity index (χ1n) is 6.15. The van der Waals surface area contributed by atoms with E-state index >= 15 is 0 Å². The summed E-state index contributed by atoms with van der Waals surface area (Å²) in [6, 6.07) is 2.20. The monoisotopic (exact) mass is 252 g/mol. The van der Waals surface area contributed by atoms with E-state index in [2.05, 4.69) is 27.5 Å². The van der Waals surface area contributed by atoms with E-state index < -0.39 is 0 Å². The fourth-order valence-corrected chi connectivity index (χ4v) is 2.00. The van der Waals surface area contributed by atoms with Crippen LogP contribution >= 0.6 is 0 Å². The van der Waals surface area contributed by atoms with Crippen LogP contribution in [-0.4, -0.2) is 42.9 Å². The van der Waals surface area contributed by atoms with Crippen molar-refractivity contribution in [3.8, 4) is 0 Å². The van der Waals surface area contributed by atoms with Gasteiger partial charge in [0, 0.05) is 26.8 Å². The van der Waals surface area contributed by atoms with Crippen molar-refractivity contribution in [1.82, 2.24) is 9.97 Å². The number of rotatable bonds is 5. The summed E-state index contributed by atoms with van der Waals surface area (Å²) >= 11 is 0. The lowest BCUT2D eigenvalue weighted by molar-refractivity contribution is 0.121. The molecule has 1 aliphatic rings. The molecule has 0 saturated carbocycles. The SMILES string of the molecule is CNc1cc(NC2CCOC2C)nc(COC)n1. The van der Waals surface area contributed by atoms with Crippen LogP contribution < -0.4 is 10.6 Å². The van der Waals surface area contributed by atoms with Gasteiger partial charge < -0.3 is 20.1 Å². The van der Waals surface area contributed by atoms with Crippen molar-refractivity contribution in [1.29, 1.82) is 0 Å². The lowest BCUT2D eigenvalue weighted by atomic mass is 10.1. The summed E-state index contributed by atoms with van der Waals surface area (Å²) in [6.45, 7) is 3.27. The predicted molar refractivity (Wildman–Crippen MR) is 69.7 cm³/mol. The molecule has 100 valence electrons. The van der Waals surface area contributed by atoms with Crippen molar-refractivity contribution in [2.24, 2.45) is 0 Å². The summed E-state index contributed by atoms with van der Waals surface area (Å²) in [5.74, 6) is 2.26. The van der Waals surface area contributed by atoms with E-state index in [1.54, 1.807) is 7.11 Å². The zero-order valence-electron chi connectivity index (χ0n) is 11.1. The Hall–Kier alpha value is -1.40. The average Bonchev–Trinajstić information content (AvgIpc) is 2.75. The van der Waals surface area contributed by atoms with Crippen molar-refractivity contribution in [2.75, 3.05) is 31.4 Å². The van der Waals surface area contributed by atoms with Crippen LogP contribution in [0.4, 0.5) is 11.6 Å². The van der Waals surface area contributed by atoms with Gasteiger partial charge in [-0.2, -0.15) is 0 Å². The van der Waals surface area contributed by atoms with Gasteiger partial charge in [-0.1, -0.05) is 0 Å². The summed E-state index contributed by atoms with van der Waals surface area (Å²) in [5, 5.41) is 6.42. The summed E-state index contributed by atoms with van der Waals surface area (Å²) < 4.78 is 10.6. The van der Waals surface area contributed by atoms with Crippen LogP contribution in [0.1, 0.15) is 19.2 Å². The molecule has 1 aromatic heterocycles. The highest BCUT2D eigenvalue weighted by atomic mass is 16.5. The molecule has 0 spiro atoms. The van der Waals surface area contributed by atoms with Crippen molar-refractivity contribution in [3.63, 3.8) is 0 Å². The van der Waals surface area contributed by atoms with Gasteiger partial charge in [0.15, 0.2) is 5.82 Å². The molecule has 2 rings (SSSR count). The molecule has 0 aromatic carbocycles. The third-order valence-corrected chi connectivity index (χ3v) is 3.01. The van der Waals surface area contributed by atoms with Crippen LogP contribution in [0.15, 0.2) is 6.07 Å². The molecule has 6 heteroatoms. The van der Waals surface area contributed by atoms with Crippen LogP contribution in [-0.2, 0) is 16.1 Å². The lowest BCUT2D eigenvalue weighted by Gasteiger charge is -2.17. The molecule has 2 unspecified atom stereocenters. The van der Waals surface area contributed by atoms with E-state index in [0.29, 0.717) is 18.5 Å². The maximum absolute atomic E-state index is 5.53. The largest absolute Gasteiger partial charge is 0.377 e. The van der Waals surface area contributed by atoms with Crippen LogP contribution in [0.5, 0.6) is 0 Å². The van der Waals surface area contributed by atoms with E-state index in [9.17, 15) is 0 Å². The third kappa shape index (κ3) is 3.08. The van der Waals surface area contributed by atoms with Crippen LogP contribution in [0, 0.1) is 0 Å². The Morgan fingerprint density at radius 2 is 2.22 bits per heavy atom. The molecule has 1 aliphatic heterocycles. The molecule has 1 fully saturated rings. The molecule has 2 atom stereocenters. The number of nitrogens with zero attached hydrogens (tertiary/aromatic N) is 2. The first kappa shape index (κ1) is 13.0. The minimum absolute atomic E-state index is 0.212. The van der Waals surface area contributed by atoms with Gasteiger partial charge in [0.25, 0.3) is 0 Å². The molecule has 0 radical (unpaired) electrons. The number of hydrogen-bond donors (Lipinski definition) is 2. The average molecular weight is 252 g/mol. The molecule has 0 amide bonds. The second-order valence-corrected chi connectivity index (χ2v) is 4.35. The van der Waals surface area contributed by atoms with Crippen LogP contribution in [0.3, 0.4) is 0 Å². The first-order chi connectivity index (χ1) is 8.72. The fraction of sp³-hybridized carbons (Fsp3) is 0.667. The Morgan fingerprint density at radius 3 is 2.83 bits per heavy atom. The van der Waals surface area contributed by atoms with E-state index in [4.69, 9.17) is 9.47 Å². The zero-order chi connectivity index (χ0) is 13.0. The molecule has 18 heavy (non-hydrogen) atoms. The van der Waals surface area contributed by atoms with Gasteiger partial charge in [0.05, 0.1) is 12.1 Å². The summed E-state index contributed by atoms with van der Waals surface area (Å²) in [7, 11) is 3.47. The smallest absolute Gasteiger partial charge is 0.158 e. The van der Waals surface area contributed by atoms with Gasteiger partial charge in [-0.25, -0.2) is 9.97 Å². The van der Waals surface area contributed by atoms with Crippen LogP contribution in [0.2, 0.25) is 0 Å². The molecule has 2 heterocycles. The standard InChI is InChI=1S/C12H20N4O2/c1-8-9(4-5-18-8)14-11-6-10(13-2)15-12(16-11)7-17-3/h6,8-9H,4-5,7H2,1-3H3,(H2,13,14,15,16). The number of aromatic nitrogens is 2. The molecule has 0 aliphatic carbocycles. The molecule has 2 N–H and O–H groups in total. The molecule has 1 saturated heterocycles. The number of anilines is 2. The third-order valence-electron chi connectivity index (χ3n) is 3.01.